The molecule has 1 atom stereocenters. The summed E-state index contributed by atoms with van der Waals surface area (Å²) in [6.45, 7) is 6.88. The standard InChI is InChI=1S/C17H26N2O2/c1-13(2)21-16-8-4-7-15(10-16)17(20)19(3)12-14-6-5-9-18-11-14/h4,7-8,10,13-14,18H,5-6,9,11-12H2,1-3H3. The fourth-order valence-corrected chi connectivity index (χ4v) is 2.75. The van der Waals surface area contributed by atoms with Crippen molar-refractivity contribution in [2.24, 2.45) is 5.92 Å². The van der Waals surface area contributed by atoms with Gasteiger partial charge in [0.1, 0.15) is 5.75 Å². The minimum atomic E-state index is 0.0646. The van der Waals surface area contributed by atoms with E-state index in [0.717, 1.165) is 25.4 Å². The molecule has 1 N–H and O–H groups in total. The van der Waals surface area contributed by atoms with Crippen LogP contribution in [0.2, 0.25) is 0 Å². The third-order valence-electron chi connectivity index (χ3n) is 3.73. The Morgan fingerprint density at radius 1 is 1.48 bits per heavy atom. The van der Waals surface area contributed by atoms with Crippen molar-refractivity contribution in [3.8, 4) is 5.75 Å². The van der Waals surface area contributed by atoms with E-state index in [-0.39, 0.29) is 12.0 Å². The van der Waals surface area contributed by atoms with Gasteiger partial charge in [-0.1, -0.05) is 6.07 Å². The predicted octanol–water partition coefficient (Wildman–Crippen LogP) is 2.55. The Labute approximate surface area is 127 Å². The van der Waals surface area contributed by atoms with Crippen LogP contribution in [0.5, 0.6) is 5.75 Å². The summed E-state index contributed by atoms with van der Waals surface area (Å²) in [6, 6.07) is 7.45. The second-order valence-electron chi connectivity index (χ2n) is 6.09. The largest absolute Gasteiger partial charge is 0.491 e. The second kappa shape index (κ2) is 7.46. The molecule has 2 rings (SSSR count). The fourth-order valence-electron chi connectivity index (χ4n) is 2.75. The number of nitrogens with one attached hydrogen (secondary N) is 1. The number of carbonyl (C=O) groups is 1. The minimum absolute atomic E-state index is 0.0646. The van der Waals surface area contributed by atoms with Gasteiger partial charge in [0.2, 0.25) is 0 Å². The first kappa shape index (κ1) is 15.8. The van der Waals surface area contributed by atoms with Gasteiger partial charge in [-0.05, 0) is 63.9 Å². The molecule has 1 aromatic rings. The Hall–Kier alpha value is -1.55. The van der Waals surface area contributed by atoms with Gasteiger partial charge in [-0.3, -0.25) is 4.79 Å². The number of hydrogen-bond acceptors (Lipinski definition) is 3. The molecule has 1 aliphatic heterocycles. The van der Waals surface area contributed by atoms with E-state index >= 15 is 0 Å². The van der Waals surface area contributed by atoms with E-state index < -0.39 is 0 Å². The summed E-state index contributed by atoms with van der Waals surface area (Å²) in [6.07, 6.45) is 2.51. The van der Waals surface area contributed by atoms with E-state index in [9.17, 15) is 4.79 Å². The van der Waals surface area contributed by atoms with Crippen molar-refractivity contribution in [1.29, 1.82) is 0 Å². The predicted molar refractivity (Wildman–Crippen MR) is 84.8 cm³/mol. The number of hydrogen-bond donors (Lipinski definition) is 1. The molecule has 0 aromatic heterocycles. The molecule has 0 saturated carbocycles. The SMILES string of the molecule is CC(C)Oc1cccc(C(=O)N(C)CC2CCCNC2)c1. The quantitative estimate of drug-likeness (QED) is 0.906. The maximum Gasteiger partial charge on any atom is 0.253 e. The lowest BCUT2D eigenvalue weighted by atomic mass is 9.99. The Morgan fingerprint density at radius 3 is 2.95 bits per heavy atom. The molecule has 0 spiro atoms. The van der Waals surface area contributed by atoms with Crippen molar-refractivity contribution in [2.75, 3.05) is 26.7 Å². The van der Waals surface area contributed by atoms with E-state index in [1.165, 1.54) is 12.8 Å². The van der Waals surface area contributed by atoms with Crippen molar-refractivity contribution in [2.45, 2.75) is 32.8 Å². The molecule has 116 valence electrons. The second-order valence-corrected chi connectivity index (χ2v) is 6.09. The first-order valence-electron chi connectivity index (χ1n) is 7.79. The zero-order valence-corrected chi connectivity index (χ0v) is 13.3. The number of amides is 1. The number of benzene rings is 1. The van der Waals surface area contributed by atoms with Crippen LogP contribution in [0.1, 0.15) is 37.0 Å². The summed E-state index contributed by atoms with van der Waals surface area (Å²) < 4.78 is 5.65. The molecule has 1 unspecified atom stereocenters. The topological polar surface area (TPSA) is 41.6 Å². The van der Waals surface area contributed by atoms with Gasteiger partial charge in [0.15, 0.2) is 0 Å². The summed E-state index contributed by atoms with van der Waals surface area (Å²) in [5, 5.41) is 3.39. The maximum absolute atomic E-state index is 12.5. The van der Waals surface area contributed by atoms with Crippen molar-refractivity contribution in [3.05, 3.63) is 29.8 Å². The zero-order valence-electron chi connectivity index (χ0n) is 13.3. The molecule has 1 aromatic carbocycles. The highest BCUT2D eigenvalue weighted by molar-refractivity contribution is 5.94. The van der Waals surface area contributed by atoms with Gasteiger partial charge < -0.3 is 15.0 Å². The zero-order chi connectivity index (χ0) is 15.2. The number of piperidine rings is 1. The van der Waals surface area contributed by atoms with Gasteiger partial charge in [0.25, 0.3) is 5.91 Å². The van der Waals surface area contributed by atoms with Crippen LogP contribution in [0.3, 0.4) is 0 Å². The molecule has 0 radical (unpaired) electrons. The van der Waals surface area contributed by atoms with Crippen molar-refractivity contribution >= 4 is 5.91 Å². The lowest BCUT2D eigenvalue weighted by Crippen LogP contribution is -2.39. The average molecular weight is 290 g/mol. The molecule has 1 amide bonds. The summed E-state index contributed by atoms with van der Waals surface area (Å²) in [4.78, 5) is 14.3. The van der Waals surface area contributed by atoms with Crippen LogP contribution in [0.25, 0.3) is 0 Å². The smallest absolute Gasteiger partial charge is 0.253 e. The normalized spacial score (nSPS) is 18.6. The molecule has 1 aliphatic rings. The van der Waals surface area contributed by atoms with E-state index in [4.69, 9.17) is 4.74 Å². The first-order chi connectivity index (χ1) is 10.1. The van der Waals surface area contributed by atoms with Crippen LogP contribution in [0.15, 0.2) is 24.3 Å². The molecule has 21 heavy (non-hydrogen) atoms. The highest BCUT2D eigenvalue weighted by atomic mass is 16.5. The van der Waals surface area contributed by atoms with Crippen LogP contribution in [0.4, 0.5) is 0 Å². The van der Waals surface area contributed by atoms with Crippen LogP contribution < -0.4 is 10.1 Å². The Bertz CT molecular complexity index is 468. The van der Waals surface area contributed by atoms with E-state index in [1.54, 1.807) is 0 Å². The van der Waals surface area contributed by atoms with Gasteiger partial charge >= 0.3 is 0 Å². The molecule has 1 fully saturated rings. The lowest BCUT2D eigenvalue weighted by Gasteiger charge is -2.27. The van der Waals surface area contributed by atoms with E-state index in [1.807, 2.05) is 50.1 Å². The van der Waals surface area contributed by atoms with Gasteiger partial charge in [-0.25, -0.2) is 0 Å². The summed E-state index contributed by atoms with van der Waals surface area (Å²) in [7, 11) is 1.88. The van der Waals surface area contributed by atoms with Gasteiger partial charge in [0.05, 0.1) is 6.10 Å². The van der Waals surface area contributed by atoms with Crippen LogP contribution in [-0.4, -0.2) is 43.6 Å². The lowest BCUT2D eigenvalue weighted by molar-refractivity contribution is 0.0764. The highest BCUT2D eigenvalue weighted by Crippen LogP contribution is 2.17. The number of rotatable bonds is 5. The maximum atomic E-state index is 12.5. The molecule has 4 nitrogen and oxygen atoms in total. The van der Waals surface area contributed by atoms with E-state index in [2.05, 4.69) is 5.32 Å². The number of ether oxygens (including phenoxy) is 1. The molecule has 0 bridgehead atoms. The molecular weight excluding hydrogens is 264 g/mol. The Morgan fingerprint density at radius 2 is 2.29 bits per heavy atom. The van der Waals surface area contributed by atoms with Crippen molar-refractivity contribution in [1.82, 2.24) is 10.2 Å². The van der Waals surface area contributed by atoms with Crippen LogP contribution >= 0.6 is 0 Å². The Kier molecular flexibility index (Phi) is 5.62. The summed E-state index contributed by atoms with van der Waals surface area (Å²) >= 11 is 0. The third-order valence-corrected chi connectivity index (χ3v) is 3.73. The molecule has 0 aliphatic carbocycles. The van der Waals surface area contributed by atoms with Crippen LogP contribution in [0, 0.1) is 5.92 Å². The molecular formula is C17H26N2O2. The molecule has 4 heteroatoms. The third kappa shape index (κ3) is 4.74. The average Bonchev–Trinajstić information content (AvgIpc) is 2.47. The van der Waals surface area contributed by atoms with E-state index in [0.29, 0.717) is 11.5 Å². The number of nitrogens with zero attached hydrogens (tertiary/aromatic N) is 1. The van der Waals surface area contributed by atoms with Crippen LogP contribution in [-0.2, 0) is 0 Å². The molecule has 1 heterocycles. The van der Waals surface area contributed by atoms with Gasteiger partial charge in [0, 0.05) is 19.2 Å². The Balaban J connectivity index is 1.97. The van der Waals surface area contributed by atoms with Gasteiger partial charge in [-0.15, -0.1) is 0 Å². The number of carbonyl (C=O) groups excluding carboxylic acids is 1. The minimum Gasteiger partial charge on any atom is -0.491 e. The van der Waals surface area contributed by atoms with Gasteiger partial charge in [-0.2, -0.15) is 0 Å². The highest BCUT2D eigenvalue weighted by Gasteiger charge is 2.19. The first-order valence-corrected chi connectivity index (χ1v) is 7.79. The fraction of sp³-hybridized carbons (Fsp3) is 0.588. The summed E-state index contributed by atoms with van der Waals surface area (Å²) in [5.41, 5.74) is 0.694. The van der Waals surface area contributed by atoms with Crippen molar-refractivity contribution < 1.29 is 9.53 Å². The molecule has 1 saturated heterocycles. The van der Waals surface area contributed by atoms with Crippen molar-refractivity contribution in [3.63, 3.8) is 0 Å². The summed E-state index contributed by atoms with van der Waals surface area (Å²) in [5.74, 6) is 1.38. The monoisotopic (exact) mass is 290 g/mol.